The maximum atomic E-state index is 12.1. The molecule has 0 bridgehead atoms. The van der Waals surface area contributed by atoms with E-state index >= 15 is 0 Å². The van der Waals surface area contributed by atoms with Gasteiger partial charge in [0.2, 0.25) is 5.76 Å². The van der Waals surface area contributed by atoms with Crippen LogP contribution >= 0.6 is 11.8 Å². The number of nitrogens with zero attached hydrogens (tertiary/aromatic N) is 2. The van der Waals surface area contributed by atoms with Crippen LogP contribution in [0.4, 0.5) is 0 Å². The van der Waals surface area contributed by atoms with Crippen molar-refractivity contribution in [1.29, 1.82) is 5.26 Å². The number of esters is 1. The van der Waals surface area contributed by atoms with Crippen LogP contribution in [0.3, 0.4) is 0 Å². The van der Waals surface area contributed by atoms with Gasteiger partial charge >= 0.3 is 5.97 Å². The fourth-order valence-corrected chi connectivity index (χ4v) is 2.79. The molecule has 1 aromatic carbocycles. The Kier molecular flexibility index (Phi) is 5.81. The first kappa shape index (κ1) is 19.3. The third kappa shape index (κ3) is 3.92. The maximum Gasteiger partial charge on any atom is 0.379 e. The van der Waals surface area contributed by atoms with E-state index in [-0.39, 0.29) is 28.5 Å². The topological polar surface area (TPSA) is 118 Å². The molecule has 142 valence electrons. The normalized spacial score (nSPS) is 10.3. The first-order chi connectivity index (χ1) is 13.6. The predicted octanol–water partition coefficient (Wildman–Crippen LogP) is 3.24. The summed E-state index contributed by atoms with van der Waals surface area (Å²) in [7, 11) is 0. The van der Waals surface area contributed by atoms with Crippen LogP contribution in [0, 0.1) is 11.3 Å². The van der Waals surface area contributed by atoms with Crippen LogP contribution in [0.5, 0.6) is 11.5 Å². The fraction of sp³-hybridized carbons (Fsp3) is 0.158. The Labute approximate surface area is 164 Å². The molecule has 0 unspecified atom stereocenters. The number of H-pyrrole nitrogens is 1. The van der Waals surface area contributed by atoms with Crippen LogP contribution in [0.25, 0.3) is 11.3 Å². The molecule has 0 saturated heterocycles. The molecule has 0 spiro atoms. The van der Waals surface area contributed by atoms with Gasteiger partial charge < -0.3 is 18.9 Å². The number of aromatic amines is 1. The van der Waals surface area contributed by atoms with Gasteiger partial charge in [-0.05, 0) is 43.5 Å². The van der Waals surface area contributed by atoms with Crippen LogP contribution in [0.15, 0.2) is 51.0 Å². The number of hydrogen-bond acceptors (Lipinski definition) is 8. The van der Waals surface area contributed by atoms with E-state index in [1.807, 2.05) is 6.07 Å². The van der Waals surface area contributed by atoms with Gasteiger partial charge in [-0.1, -0.05) is 11.8 Å². The number of rotatable bonds is 6. The van der Waals surface area contributed by atoms with E-state index in [9.17, 15) is 14.9 Å². The monoisotopic (exact) mass is 397 g/mol. The molecule has 3 rings (SSSR count). The molecular formula is C19H15N3O5S. The van der Waals surface area contributed by atoms with Gasteiger partial charge in [-0.15, -0.1) is 0 Å². The Bertz CT molecular complexity index is 1100. The Hall–Kier alpha value is -3.51. The van der Waals surface area contributed by atoms with E-state index in [2.05, 4.69) is 9.97 Å². The highest BCUT2D eigenvalue weighted by molar-refractivity contribution is 7.98. The molecule has 0 amide bonds. The van der Waals surface area contributed by atoms with E-state index in [1.54, 1.807) is 31.4 Å². The quantitative estimate of drug-likeness (QED) is 0.291. The van der Waals surface area contributed by atoms with E-state index in [1.165, 1.54) is 30.2 Å². The van der Waals surface area contributed by atoms with Crippen molar-refractivity contribution < 1.29 is 18.7 Å². The van der Waals surface area contributed by atoms with Gasteiger partial charge in [0, 0.05) is 5.56 Å². The Morgan fingerprint density at radius 2 is 2.18 bits per heavy atom. The molecule has 8 nitrogen and oxygen atoms in total. The van der Waals surface area contributed by atoms with Crippen LogP contribution in [-0.4, -0.2) is 28.8 Å². The van der Waals surface area contributed by atoms with Gasteiger partial charge in [0.25, 0.3) is 5.56 Å². The summed E-state index contributed by atoms with van der Waals surface area (Å²) in [4.78, 5) is 31.2. The number of furan rings is 1. The molecule has 1 N–H and O–H groups in total. The summed E-state index contributed by atoms with van der Waals surface area (Å²) in [5, 5.41) is 9.73. The molecule has 0 saturated carbocycles. The van der Waals surface area contributed by atoms with E-state index in [4.69, 9.17) is 13.9 Å². The van der Waals surface area contributed by atoms with Crippen LogP contribution in [0.1, 0.15) is 23.0 Å². The van der Waals surface area contributed by atoms with Gasteiger partial charge in [0.1, 0.15) is 11.6 Å². The smallest absolute Gasteiger partial charge is 0.379 e. The molecule has 28 heavy (non-hydrogen) atoms. The van der Waals surface area contributed by atoms with Crippen molar-refractivity contribution in [2.75, 3.05) is 12.9 Å². The number of hydrogen-bond donors (Lipinski definition) is 1. The molecule has 0 fully saturated rings. The zero-order valence-corrected chi connectivity index (χ0v) is 15.8. The zero-order chi connectivity index (χ0) is 20.1. The van der Waals surface area contributed by atoms with Gasteiger partial charge in [-0.3, -0.25) is 4.79 Å². The van der Waals surface area contributed by atoms with E-state index in [0.717, 1.165) is 0 Å². The van der Waals surface area contributed by atoms with Crippen molar-refractivity contribution in [2.24, 2.45) is 0 Å². The van der Waals surface area contributed by atoms with Crippen molar-refractivity contribution in [3.63, 3.8) is 0 Å². The first-order valence-corrected chi connectivity index (χ1v) is 9.41. The standard InChI is InChI=1S/C19H15N3O5S/c1-3-25-15-9-11(16-12(10-20)17(23)22-19(21-16)28-2)6-7-13(15)27-18(24)14-5-4-8-26-14/h4-9H,3H2,1-2H3,(H,21,22,23). The van der Waals surface area contributed by atoms with Crippen molar-refractivity contribution in [3.05, 3.63) is 58.3 Å². The van der Waals surface area contributed by atoms with Crippen molar-refractivity contribution in [1.82, 2.24) is 9.97 Å². The fourth-order valence-electron chi connectivity index (χ4n) is 2.41. The molecule has 3 aromatic rings. The number of ether oxygens (including phenoxy) is 2. The lowest BCUT2D eigenvalue weighted by atomic mass is 10.1. The largest absolute Gasteiger partial charge is 0.490 e. The molecule has 2 aromatic heterocycles. The first-order valence-electron chi connectivity index (χ1n) is 8.18. The number of carbonyl (C=O) groups is 1. The molecule has 0 radical (unpaired) electrons. The molecular weight excluding hydrogens is 382 g/mol. The van der Waals surface area contributed by atoms with Crippen LogP contribution in [0.2, 0.25) is 0 Å². The minimum absolute atomic E-state index is 0.0548. The summed E-state index contributed by atoms with van der Waals surface area (Å²) in [6, 6.07) is 9.63. The van der Waals surface area contributed by atoms with Gasteiger partial charge in [-0.25, -0.2) is 9.78 Å². The Morgan fingerprint density at radius 1 is 1.36 bits per heavy atom. The molecule has 0 aliphatic rings. The van der Waals surface area contributed by atoms with Gasteiger partial charge in [-0.2, -0.15) is 5.26 Å². The molecule has 0 aliphatic heterocycles. The number of thioether (sulfide) groups is 1. The van der Waals surface area contributed by atoms with E-state index in [0.29, 0.717) is 17.3 Å². The van der Waals surface area contributed by atoms with Crippen molar-refractivity contribution in [3.8, 4) is 28.8 Å². The molecule has 2 heterocycles. The highest BCUT2D eigenvalue weighted by atomic mass is 32.2. The number of nitrogens with one attached hydrogen (secondary N) is 1. The highest BCUT2D eigenvalue weighted by Crippen LogP contribution is 2.33. The summed E-state index contributed by atoms with van der Waals surface area (Å²) in [6.07, 6.45) is 3.13. The molecule has 0 aliphatic carbocycles. The lowest BCUT2D eigenvalue weighted by molar-refractivity contribution is 0.0695. The minimum Gasteiger partial charge on any atom is -0.490 e. The number of carbonyl (C=O) groups excluding carboxylic acids is 1. The van der Waals surface area contributed by atoms with Crippen molar-refractivity contribution in [2.45, 2.75) is 12.1 Å². The number of nitriles is 1. The lowest BCUT2D eigenvalue weighted by Gasteiger charge is -2.12. The van der Waals surface area contributed by atoms with Crippen molar-refractivity contribution >= 4 is 17.7 Å². The SMILES string of the molecule is CCOc1cc(-c2nc(SC)[nH]c(=O)c2C#N)ccc1OC(=O)c1ccco1. The second-order valence-electron chi connectivity index (χ2n) is 5.37. The summed E-state index contributed by atoms with van der Waals surface area (Å²) in [5.74, 6) is -0.161. The van der Waals surface area contributed by atoms with Gasteiger partial charge in [0.05, 0.1) is 18.6 Å². The second-order valence-corrected chi connectivity index (χ2v) is 6.17. The minimum atomic E-state index is -0.671. The molecule has 9 heteroatoms. The third-order valence-electron chi connectivity index (χ3n) is 3.64. The summed E-state index contributed by atoms with van der Waals surface area (Å²) in [6.45, 7) is 2.10. The van der Waals surface area contributed by atoms with Crippen LogP contribution < -0.4 is 15.0 Å². The Balaban J connectivity index is 2.04. The zero-order valence-electron chi connectivity index (χ0n) is 15.0. The Morgan fingerprint density at radius 3 is 2.82 bits per heavy atom. The maximum absolute atomic E-state index is 12.1. The summed E-state index contributed by atoms with van der Waals surface area (Å²) >= 11 is 1.25. The lowest BCUT2D eigenvalue weighted by Crippen LogP contribution is -2.14. The van der Waals surface area contributed by atoms with E-state index < -0.39 is 11.5 Å². The highest BCUT2D eigenvalue weighted by Gasteiger charge is 2.18. The number of benzene rings is 1. The summed E-state index contributed by atoms with van der Waals surface area (Å²) < 4.78 is 15.9. The summed E-state index contributed by atoms with van der Waals surface area (Å²) in [5.41, 5.74) is 0.0726. The second kappa shape index (κ2) is 8.45. The average Bonchev–Trinajstić information content (AvgIpc) is 3.23. The van der Waals surface area contributed by atoms with Crippen LogP contribution in [-0.2, 0) is 0 Å². The average molecular weight is 397 g/mol. The third-order valence-corrected chi connectivity index (χ3v) is 4.22. The molecule has 0 atom stereocenters. The van der Waals surface area contributed by atoms with Gasteiger partial charge in [0.15, 0.2) is 16.7 Å². The predicted molar refractivity (Wildman–Crippen MR) is 102 cm³/mol. The number of aromatic nitrogens is 2.